The zero-order valence-corrected chi connectivity index (χ0v) is 19.0. The van der Waals surface area contributed by atoms with Crippen LogP contribution in [0.2, 0.25) is 0 Å². The third-order valence-corrected chi connectivity index (χ3v) is 6.76. The van der Waals surface area contributed by atoms with Gasteiger partial charge in [-0.15, -0.1) is 24.8 Å². The summed E-state index contributed by atoms with van der Waals surface area (Å²) in [4.78, 5) is 14.8. The highest BCUT2D eigenvalue weighted by molar-refractivity contribution is 7.92. The maximum absolute atomic E-state index is 12.8. The molecule has 2 N–H and O–H groups in total. The fourth-order valence-corrected chi connectivity index (χ4v) is 4.42. The summed E-state index contributed by atoms with van der Waals surface area (Å²) in [7, 11) is 0.429. The number of nitrogens with zero attached hydrogens (tertiary/aromatic N) is 1. The number of hydrogen-bond donors (Lipinski definition) is 2. The zero-order chi connectivity index (χ0) is 19.2. The number of nitrogens with one attached hydrogen (secondary N) is 2. The maximum Gasteiger partial charge on any atom is 0.241 e. The van der Waals surface area contributed by atoms with Crippen LogP contribution in [-0.4, -0.2) is 70.6 Å². The van der Waals surface area contributed by atoms with E-state index in [1.807, 2.05) is 43.3 Å². The van der Waals surface area contributed by atoms with Crippen molar-refractivity contribution in [2.75, 3.05) is 46.6 Å². The van der Waals surface area contributed by atoms with E-state index in [-0.39, 0.29) is 31.4 Å². The molecule has 0 saturated carbocycles. The summed E-state index contributed by atoms with van der Waals surface area (Å²) in [6.07, 6.45) is 1.73. The number of benzene rings is 1. The number of ether oxygens (including phenoxy) is 1. The molecule has 1 aliphatic heterocycles. The molecule has 7 nitrogen and oxygen atoms in total. The molecule has 28 heavy (non-hydrogen) atoms. The van der Waals surface area contributed by atoms with Gasteiger partial charge in [-0.2, -0.15) is 0 Å². The zero-order valence-electron chi connectivity index (χ0n) is 16.6. The van der Waals surface area contributed by atoms with Crippen molar-refractivity contribution in [1.82, 2.24) is 15.5 Å². The van der Waals surface area contributed by atoms with Gasteiger partial charge in [0.2, 0.25) is 5.91 Å². The van der Waals surface area contributed by atoms with Gasteiger partial charge in [0.25, 0.3) is 0 Å². The third-order valence-electron chi connectivity index (χ3n) is 4.74. The lowest BCUT2D eigenvalue weighted by atomic mass is 9.95. The van der Waals surface area contributed by atoms with Gasteiger partial charge in [0.05, 0.1) is 0 Å². The number of likely N-dealkylation sites (N-methyl/N-ethyl adjacent to an activating group) is 1. The van der Waals surface area contributed by atoms with Gasteiger partial charge in [-0.25, -0.2) is 8.42 Å². The molecule has 0 aromatic heterocycles. The van der Waals surface area contributed by atoms with E-state index in [0.29, 0.717) is 38.3 Å². The van der Waals surface area contributed by atoms with Crippen molar-refractivity contribution in [1.29, 1.82) is 0 Å². The molecule has 2 rings (SSSR count). The number of halogens is 2. The summed E-state index contributed by atoms with van der Waals surface area (Å²) in [6, 6.07) is 7.48. The van der Waals surface area contributed by atoms with Gasteiger partial charge in [-0.05, 0) is 46.1 Å². The average molecular weight is 456 g/mol. The quantitative estimate of drug-likeness (QED) is 0.613. The fourth-order valence-electron chi connectivity index (χ4n) is 3.06. The van der Waals surface area contributed by atoms with Gasteiger partial charge in [-0.1, -0.05) is 18.2 Å². The number of para-hydroxylation sites is 1. The Bertz CT molecular complexity index is 723. The van der Waals surface area contributed by atoms with E-state index in [4.69, 9.17) is 4.74 Å². The maximum atomic E-state index is 12.8. The molecule has 1 aliphatic rings. The lowest BCUT2D eigenvalue weighted by molar-refractivity contribution is -0.124. The number of carbonyl (C=O) groups is 1. The Hall–Kier alpha value is -1.06. The highest BCUT2D eigenvalue weighted by atomic mass is 35.5. The van der Waals surface area contributed by atoms with Crippen LogP contribution in [0.1, 0.15) is 18.4 Å². The van der Waals surface area contributed by atoms with Gasteiger partial charge in [0.1, 0.15) is 12.4 Å². The van der Waals surface area contributed by atoms with E-state index in [0.717, 1.165) is 18.4 Å². The summed E-state index contributed by atoms with van der Waals surface area (Å²) >= 11 is 0. The van der Waals surface area contributed by atoms with Crippen LogP contribution in [0.25, 0.3) is 0 Å². The molecule has 0 aliphatic carbocycles. The van der Waals surface area contributed by atoms with Crippen LogP contribution in [0.15, 0.2) is 24.3 Å². The van der Waals surface area contributed by atoms with Crippen molar-refractivity contribution in [3.8, 4) is 5.75 Å². The first-order valence-corrected chi connectivity index (χ1v) is 10.7. The second-order valence-corrected chi connectivity index (χ2v) is 9.28. The Balaban J connectivity index is 0.00000364. The largest absolute Gasteiger partial charge is 0.492 e. The Morgan fingerprint density at radius 1 is 1.21 bits per heavy atom. The minimum Gasteiger partial charge on any atom is -0.492 e. The lowest BCUT2D eigenvalue weighted by Gasteiger charge is -2.34. The van der Waals surface area contributed by atoms with Gasteiger partial charge in [0, 0.05) is 24.9 Å². The van der Waals surface area contributed by atoms with E-state index in [1.54, 1.807) is 0 Å². The molecule has 1 heterocycles. The predicted molar refractivity (Wildman–Crippen MR) is 117 cm³/mol. The Labute approximate surface area is 180 Å². The molecular formula is C18H31Cl2N3O4S. The summed E-state index contributed by atoms with van der Waals surface area (Å²) in [6.45, 7) is 2.60. The molecule has 0 unspecified atom stereocenters. The van der Waals surface area contributed by atoms with Crippen LogP contribution in [0, 0.1) is 0 Å². The fraction of sp³-hybridized carbons (Fsp3) is 0.611. The number of sulfone groups is 1. The molecule has 1 fully saturated rings. The topological polar surface area (TPSA) is 87.7 Å². The van der Waals surface area contributed by atoms with E-state index in [2.05, 4.69) is 10.6 Å². The molecule has 0 radical (unpaired) electrons. The summed E-state index contributed by atoms with van der Waals surface area (Å²) in [5.74, 6) is 0.276. The normalized spacial score (nSPS) is 15.9. The monoisotopic (exact) mass is 455 g/mol. The molecule has 0 spiro atoms. The van der Waals surface area contributed by atoms with Crippen molar-refractivity contribution in [3.63, 3.8) is 0 Å². The molecular weight excluding hydrogens is 425 g/mol. The van der Waals surface area contributed by atoms with Gasteiger partial charge in [0.15, 0.2) is 14.6 Å². The van der Waals surface area contributed by atoms with Crippen LogP contribution in [0.5, 0.6) is 5.75 Å². The second-order valence-electron chi connectivity index (χ2n) is 6.96. The van der Waals surface area contributed by atoms with Crippen LogP contribution in [-0.2, 0) is 21.2 Å². The Morgan fingerprint density at radius 3 is 2.39 bits per heavy atom. The van der Waals surface area contributed by atoms with Crippen molar-refractivity contribution in [2.24, 2.45) is 0 Å². The molecule has 0 bridgehead atoms. The third kappa shape index (κ3) is 6.77. The van der Waals surface area contributed by atoms with Crippen LogP contribution < -0.4 is 15.4 Å². The van der Waals surface area contributed by atoms with Gasteiger partial charge >= 0.3 is 0 Å². The minimum atomic E-state index is -3.51. The molecule has 1 saturated heterocycles. The van der Waals surface area contributed by atoms with E-state index < -0.39 is 20.5 Å². The Morgan fingerprint density at radius 2 is 1.82 bits per heavy atom. The number of amides is 1. The second kappa shape index (κ2) is 11.8. The van der Waals surface area contributed by atoms with Gasteiger partial charge < -0.3 is 20.3 Å². The van der Waals surface area contributed by atoms with Crippen molar-refractivity contribution in [3.05, 3.63) is 29.8 Å². The van der Waals surface area contributed by atoms with E-state index in [1.165, 1.54) is 0 Å². The molecule has 162 valence electrons. The summed E-state index contributed by atoms with van der Waals surface area (Å²) in [5.41, 5.74) is 0.831. The standard InChI is InChI=1S/C18H29N3O4S.2ClH/c1-21(2)12-13-25-16-7-5-4-6-15(16)14-20-17(22)18(26(3,23)24)8-10-19-11-9-18;;/h4-7,19H,8-14H2,1-3H3,(H,20,22);2*1H. The smallest absolute Gasteiger partial charge is 0.241 e. The SMILES string of the molecule is CN(C)CCOc1ccccc1CNC(=O)C1(S(C)(=O)=O)CCNCC1.Cl.Cl. The molecule has 10 heteroatoms. The number of carbonyl (C=O) groups excluding carboxylic acids is 1. The van der Waals surface area contributed by atoms with Crippen LogP contribution in [0.4, 0.5) is 0 Å². The lowest BCUT2D eigenvalue weighted by Crippen LogP contribution is -2.57. The van der Waals surface area contributed by atoms with E-state index in [9.17, 15) is 13.2 Å². The van der Waals surface area contributed by atoms with Crippen LogP contribution >= 0.6 is 24.8 Å². The van der Waals surface area contributed by atoms with Crippen LogP contribution in [0.3, 0.4) is 0 Å². The van der Waals surface area contributed by atoms with Gasteiger partial charge in [-0.3, -0.25) is 4.79 Å². The number of piperidine rings is 1. The first-order chi connectivity index (χ1) is 12.3. The van der Waals surface area contributed by atoms with Crippen molar-refractivity contribution in [2.45, 2.75) is 24.1 Å². The number of hydrogen-bond acceptors (Lipinski definition) is 6. The molecule has 1 aromatic carbocycles. The first-order valence-electron chi connectivity index (χ1n) is 8.80. The highest BCUT2D eigenvalue weighted by Gasteiger charge is 2.48. The molecule has 0 atom stereocenters. The average Bonchev–Trinajstić information content (AvgIpc) is 2.60. The number of rotatable bonds is 8. The Kier molecular flexibility index (Phi) is 11.4. The summed E-state index contributed by atoms with van der Waals surface area (Å²) < 4.78 is 29.1. The first kappa shape index (κ1) is 26.9. The van der Waals surface area contributed by atoms with Crippen molar-refractivity contribution >= 4 is 40.6 Å². The van der Waals surface area contributed by atoms with E-state index >= 15 is 0 Å². The molecule has 1 aromatic rings. The highest BCUT2D eigenvalue weighted by Crippen LogP contribution is 2.28. The predicted octanol–water partition coefficient (Wildman–Crippen LogP) is 1.25. The molecule has 1 amide bonds. The summed E-state index contributed by atoms with van der Waals surface area (Å²) in [5, 5.41) is 5.93. The minimum absolute atomic E-state index is 0. The van der Waals surface area contributed by atoms with Crippen molar-refractivity contribution < 1.29 is 17.9 Å².